The summed E-state index contributed by atoms with van der Waals surface area (Å²) in [6, 6.07) is 0.690. The summed E-state index contributed by atoms with van der Waals surface area (Å²) in [7, 11) is 4.48. The van der Waals surface area contributed by atoms with Gasteiger partial charge in [0.25, 0.3) is 0 Å². The van der Waals surface area contributed by atoms with Crippen molar-refractivity contribution in [1.82, 2.24) is 4.90 Å². The third kappa shape index (κ3) is 11.3. The Bertz CT molecular complexity index is 527. The van der Waals surface area contributed by atoms with Crippen molar-refractivity contribution >= 4 is 0 Å². The first kappa shape index (κ1) is 34.7. The quantitative estimate of drug-likeness (QED) is 0.172. The monoisotopic (exact) mass is 493 g/mol. The molecule has 10 unspecified atom stereocenters. The van der Waals surface area contributed by atoms with Crippen molar-refractivity contribution in [2.75, 3.05) is 20.6 Å². The van der Waals surface area contributed by atoms with Crippen LogP contribution < -0.4 is 5.73 Å². The van der Waals surface area contributed by atoms with E-state index in [-0.39, 0.29) is 0 Å². The molecule has 2 nitrogen and oxygen atoms in total. The van der Waals surface area contributed by atoms with E-state index in [1.165, 1.54) is 38.5 Å². The first-order chi connectivity index (χ1) is 16.4. The molecule has 0 aromatic rings. The molecule has 0 heterocycles. The molecular formula is C33H68N2. The molecule has 2 heteroatoms. The van der Waals surface area contributed by atoms with Crippen LogP contribution in [0.3, 0.4) is 0 Å². The lowest BCUT2D eigenvalue weighted by Gasteiger charge is -2.42. The minimum Gasteiger partial charge on any atom is -0.330 e. The largest absolute Gasteiger partial charge is 0.330 e. The van der Waals surface area contributed by atoms with E-state index >= 15 is 0 Å². The minimum atomic E-state index is 0.578. The molecule has 2 N–H and O–H groups in total. The van der Waals surface area contributed by atoms with Gasteiger partial charge in [0, 0.05) is 6.04 Å². The van der Waals surface area contributed by atoms with Crippen LogP contribution in [0.25, 0.3) is 0 Å². The van der Waals surface area contributed by atoms with Crippen molar-refractivity contribution in [3.8, 4) is 0 Å². The maximum Gasteiger partial charge on any atom is 0.00891 e. The molecule has 0 spiro atoms. The highest BCUT2D eigenvalue weighted by Gasteiger charge is 2.36. The smallest absolute Gasteiger partial charge is 0.00891 e. The normalized spacial score (nSPS) is 21.1. The van der Waals surface area contributed by atoms with Gasteiger partial charge in [0.2, 0.25) is 0 Å². The fourth-order valence-electron chi connectivity index (χ4n) is 6.92. The van der Waals surface area contributed by atoms with Crippen molar-refractivity contribution in [2.45, 2.75) is 120 Å². The first-order valence-corrected chi connectivity index (χ1v) is 15.4. The zero-order valence-electron chi connectivity index (χ0n) is 26.3. The van der Waals surface area contributed by atoms with Crippen LogP contribution in [-0.4, -0.2) is 31.6 Å². The SMILES string of the molecule is C=CC(C(C)C(C)C(C)C(CCCC)C(C)CCN)C(CC(C)C(C)CC(CC)N(C)C)C(C)C. The molecule has 0 aliphatic rings. The van der Waals surface area contributed by atoms with E-state index in [1.54, 1.807) is 0 Å². The minimum absolute atomic E-state index is 0.578. The maximum atomic E-state index is 5.98. The molecule has 35 heavy (non-hydrogen) atoms. The van der Waals surface area contributed by atoms with Crippen LogP contribution in [-0.2, 0) is 0 Å². The number of rotatable bonds is 20. The fraction of sp³-hybridized carbons (Fsp3) is 0.939. The Kier molecular flexibility index (Phi) is 17.8. The van der Waals surface area contributed by atoms with Crippen LogP contribution in [0.1, 0.15) is 114 Å². The molecule has 0 amide bonds. The second-order valence-corrected chi connectivity index (χ2v) is 13.1. The topological polar surface area (TPSA) is 29.3 Å². The summed E-state index contributed by atoms with van der Waals surface area (Å²) in [6.45, 7) is 29.8. The molecule has 0 saturated carbocycles. The van der Waals surface area contributed by atoms with Gasteiger partial charge >= 0.3 is 0 Å². The highest BCUT2D eigenvalue weighted by Crippen LogP contribution is 2.43. The number of hydrogen-bond acceptors (Lipinski definition) is 2. The van der Waals surface area contributed by atoms with Gasteiger partial charge in [-0.05, 0) is 112 Å². The zero-order chi connectivity index (χ0) is 27.3. The Hall–Kier alpha value is -0.340. The average Bonchev–Trinajstić information content (AvgIpc) is 2.81. The second kappa shape index (κ2) is 18.0. The van der Waals surface area contributed by atoms with Crippen molar-refractivity contribution in [1.29, 1.82) is 0 Å². The number of allylic oxidation sites excluding steroid dienone is 1. The van der Waals surface area contributed by atoms with Gasteiger partial charge in [0.1, 0.15) is 0 Å². The molecule has 210 valence electrons. The molecule has 10 atom stereocenters. The molecule has 0 aliphatic carbocycles. The lowest BCUT2D eigenvalue weighted by Crippen LogP contribution is -2.36. The third-order valence-electron chi connectivity index (χ3n) is 10.3. The van der Waals surface area contributed by atoms with E-state index in [0.717, 1.165) is 36.6 Å². The molecule has 0 bridgehead atoms. The number of nitrogens with zero attached hydrogens (tertiary/aromatic N) is 1. The number of nitrogens with two attached hydrogens (primary N) is 1. The molecule has 0 fully saturated rings. The average molecular weight is 493 g/mol. The van der Waals surface area contributed by atoms with Crippen LogP contribution in [0.5, 0.6) is 0 Å². The molecule has 0 aromatic carbocycles. The van der Waals surface area contributed by atoms with Gasteiger partial charge in [-0.1, -0.05) is 88.2 Å². The second-order valence-electron chi connectivity index (χ2n) is 13.1. The maximum absolute atomic E-state index is 5.98. The zero-order valence-corrected chi connectivity index (χ0v) is 26.3. The summed E-state index contributed by atoms with van der Waals surface area (Å²) in [4.78, 5) is 2.42. The van der Waals surface area contributed by atoms with Gasteiger partial charge in [0.05, 0.1) is 0 Å². The Morgan fingerprint density at radius 1 is 0.743 bits per heavy atom. The van der Waals surface area contributed by atoms with Gasteiger partial charge in [0.15, 0.2) is 0 Å². The van der Waals surface area contributed by atoms with Gasteiger partial charge in [-0.2, -0.15) is 0 Å². The van der Waals surface area contributed by atoms with Gasteiger partial charge < -0.3 is 10.6 Å². The van der Waals surface area contributed by atoms with Crippen molar-refractivity contribution in [3.05, 3.63) is 12.7 Å². The number of unbranched alkanes of at least 4 members (excludes halogenated alkanes) is 1. The molecular weight excluding hydrogens is 424 g/mol. The van der Waals surface area contributed by atoms with Crippen molar-refractivity contribution in [2.24, 2.45) is 64.9 Å². The Labute approximate surface area is 223 Å². The standard InChI is InChI=1S/C33H68N2/c1-14-17-18-32(24(6)19-20-34)29(11)27(9)28(10)31(16-3)33(23(4)5)22-26(8)25(7)21-30(15-2)35(12)13/h16,23-33H,3,14-15,17-22,34H2,1-2,4-13H3. The van der Waals surface area contributed by atoms with Crippen LogP contribution in [0.2, 0.25) is 0 Å². The summed E-state index contributed by atoms with van der Waals surface area (Å²) in [6.07, 6.45) is 11.3. The van der Waals surface area contributed by atoms with Crippen LogP contribution in [0.15, 0.2) is 12.7 Å². The van der Waals surface area contributed by atoms with E-state index in [9.17, 15) is 0 Å². The summed E-state index contributed by atoms with van der Waals surface area (Å²) >= 11 is 0. The Morgan fingerprint density at radius 3 is 1.74 bits per heavy atom. The highest BCUT2D eigenvalue weighted by atomic mass is 15.1. The van der Waals surface area contributed by atoms with E-state index in [2.05, 4.69) is 101 Å². The summed E-state index contributed by atoms with van der Waals surface area (Å²) in [5.41, 5.74) is 5.98. The fourth-order valence-corrected chi connectivity index (χ4v) is 6.92. The first-order valence-electron chi connectivity index (χ1n) is 15.4. The summed E-state index contributed by atoms with van der Waals surface area (Å²) in [5, 5.41) is 0. The Morgan fingerprint density at radius 2 is 1.31 bits per heavy atom. The highest BCUT2D eigenvalue weighted by molar-refractivity contribution is 4.94. The predicted molar refractivity (Wildman–Crippen MR) is 161 cm³/mol. The summed E-state index contributed by atoms with van der Waals surface area (Å²) in [5.74, 6) is 6.98. The lowest BCUT2D eigenvalue weighted by atomic mass is 9.63. The lowest BCUT2D eigenvalue weighted by molar-refractivity contribution is 0.0850. The van der Waals surface area contributed by atoms with E-state index < -0.39 is 0 Å². The molecule has 0 aliphatic heterocycles. The third-order valence-corrected chi connectivity index (χ3v) is 10.3. The number of hydrogen-bond donors (Lipinski definition) is 1. The van der Waals surface area contributed by atoms with E-state index in [4.69, 9.17) is 5.73 Å². The van der Waals surface area contributed by atoms with Gasteiger partial charge in [-0.15, -0.1) is 6.58 Å². The van der Waals surface area contributed by atoms with E-state index in [0.29, 0.717) is 41.5 Å². The molecule has 0 aromatic heterocycles. The van der Waals surface area contributed by atoms with E-state index in [1.807, 2.05) is 0 Å². The predicted octanol–water partition coefficient (Wildman–Crippen LogP) is 9.15. The molecule has 0 rings (SSSR count). The van der Waals surface area contributed by atoms with Crippen molar-refractivity contribution in [3.63, 3.8) is 0 Å². The van der Waals surface area contributed by atoms with Gasteiger partial charge in [-0.25, -0.2) is 0 Å². The van der Waals surface area contributed by atoms with Crippen LogP contribution in [0, 0.1) is 59.2 Å². The van der Waals surface area contributed by atoms with Crippen LogP contribution >= 0.6 is 0 Å². The molecule has 0 saturated heterocycles. The Balaban J connectivity index is 5.59. The van der Waals surface area contributed by atoms with Crippen molar-refractivity contribution < 1.29 is 0 Å². The summed E-state index contributed by atoms with van der Waals surface area (Å²) < 4.78 is 0. The van der Waals surface area contributed by atoms with Gasteiger partial charge in [-0.3, -0.25) is 0 Å². The molecule has 0 radical (unpaired) electrons. The van der Waals surface area contributed by atoms with Crippen LogP contribution in [0.4, 0.5) is 0 Å².